The Morgan fingerprint density at radius 1 is 1.00 bits per heavy atom. The van der Waals surface area contributed by atoms with Crippen molar-refractivity contribution in [1.82, 2.24) is 10.2 Å². The molecule has 0 radical (unpaired) electrons. The van der Waals surface area contributed by atoms with E-state index in [2.05, 4.69) is 34.5 Å². The summed E-state index contributed by atoms with van der Waals surface area (Å²) in [5.74, 6) is -0.159. The highest BCUT2D eigenvalue weighted by Crippen LogP contribution is 2.49. The van der Waals surface area contributed by atoms with Crippen LogP contribution in [0.15, 0.2) is 60.7 Å². The van der Waals surface area contributed by atoms with Crippen molar-refractivity contribution in [1.29, 1.82) is 0 Å². The first-order chi connectivity index (χ1) is 12.2. The van der Waals surface area contributed by atoms with E-state index in [1.54, 1.807) is 0 Å². The van der Waals surface area contributed by atoms with Gasteiger partial charge in [0.05, 0.1) is 5.41 Å². The maximum Gasteiger partial charge on any atom is 0.229 e. The van der Waals surface area contributed by atoms with Gasteiger partial charge in [-0.05, 0) is 37.1 Å². The molecule has 4 heteroatoms. The lowest BCUT2D eigenvalue weighted by molar-refractivity contribution is -0.130. The van der Waals surface area contributed by atoms with E-state index in [1.165, 1.54) is 5.56 Å². The summed E-state index contributed by atoms with van der Waals surface area (Å²) < 4.78 is 0. The molecule has 0 bridgehead atoms. The summed E-state index contributed by atoms with van der Waals surface area (Å²) in [4.78, 5) is 15.1. The number of rotatable bonds is 3. The third-order valence-corrected chi connectivity index (χ3v) is 5.80. The van der Waals surface area contributed by atoms with Gasteiger partial charge in [-0.1, -0.05) is 60.7 Å². The van der Waals surface area contributed by atoms with Crippen molar-refractivity contribution in [2.24, 2.45) is 5.41 Å². The highest BCUT2D eigenvalue weighted by molar-refractivity contribution is 5.87. The lowest BCUT2D eigenvalue weighted by atomic mass is 9.67. The topological polar surface area (TPSA) is 52.6 Å². The van der Waals surface area contributed by atoms with Crippen molar-refractivity contribution in [3.63, 3.8) is 0 Å². The number of nitrogens with one attached hydrogen (secondary N) is 1. The van der Waals surface area contributed by atoms with Gasteiger partial charge in [0.1, 0.15) is 6.23 Å². The molecule has 0 saturated carbocycles. The second-order valence-electron chi connectivity index (χ2n) is 7.22. The molecular formula is C21H24N2O2. The van der Waals surface area contributed by atoms with Crippen molar-refractivity contribution in [3.05, 3.63) is 71.8 Å². The largest absolute Gasteiger partial charge is 0.373 e. The zero-order valence-electron chi connectivity index (χ0n) is 14.3. The molecule has 2 fully saturated rings. The molecular weight excluding hydrogens is 312 g/mol. The fourth-order valence-electron chi connectivity index (χ4n) is 4.46. The van der Waals surface area contributed by atoms with Crippen LogP contribution in [0, 0.1) is 5.41 Å². The Morgan fingerprint density at radius 3 is 2.24 bits per heavy atom. The number of hydrogen-bond donors (Lipinski definition) is 2. The number of benzene rings is 2. The molecule has 25 heavy (non-hydrogen) atoms. The maximum absolute atomic E-state index is 12.7. The number of aliphatic hydroxyl groups excluding tert-OH is 1. The van der Waals surface area contributed by atoms with Gasteiger partial charge >= 0.3 is 0 Å². The van der Waals surface area contributed by atoms with E-state index in [-0.39, 0.29) is 11.8 Å². The molecule has 2 aromatic carbocycles. The van der Waals surface area contributed by atoms with Gasteiger partial charge in [0.25, 0.3) is 0 Å². The molecule has 0 aliphatic carbocycles. The summed E-state index contributed by atoms with van der Waals surface area (Å²) in [6.45, 7) is 2.66. The predicted octanol–water partition coefficient (Wildman–Crippen LogP) is 2.50. The Hall–Kier alpha value is -2.17. The average molecular weight is 336 g/mol. The van der Waals surface area contributed by atoms with Gasteiger partial charge in [-0.15, -0.1) is 0 Å². The van der Waals surface area contributed by atoms with Crippen LogP contribution in [-0.4, -0.2) is 35.2 Å². The van der Waals surface area contributed by atoms with Crippen LogP contribution in [0.25, 0.3) is 0 Å². The van der Waals surface area contributed by atoms with E-state index in [1.807, 2.05) is 36.4 Å². The standard InChI is InChI=1S/C21H24N2O2/c24-19-18(17-9-5-2-6-10-17)21(20(25)22-19)11-13-23(14-12-21)15-16-7-3-1-4-8-16/h1-10,18-19,24H,11-15H2,(H,22,25). The molecule has 4 rings (SSSR count). The van der Waals surface area contributed by atoms with Crippen LogP contribution in [0.1, 0.15) is 29.9 Å². The second kappa shape index (κ2) is 6.62. The van der Waals surface area contributed by atoms with Crippen LogP contribution >= 0.6 is 0 Å². The lowest BCUT2D eigenvalue weighted by Gasteiger charge is -2.41. The number of nitrogens with zero attached hydrogens (tertiary/aromatic N) is 1. The molecule has 2 saturated heterocycles. The van der Waals surface area contributed by atoms with Crippen LogP contribution in [0.4, 0.5) is 0 Å². The Labute approximate surface area is 148 Å². The molecule has 2 N–H and O–H groups in total. The number of likely N-dealkylation sites (tertiary alicyclic amines) is 1. The molecule has 2 atom stereocenters. The minimum absolute atomic E-state index is 0.00761. The van der Waals surface area contributed by atoms with E-state index in [0.717, 1.165) is 38.0 Å². The number of carbonyl (C=O) groups is 1. The average Bonchev–Trinajstić information content (AvgIpc) is 2.88. The third-order valence-electron chi connectivity index (χ3n) is 5.80. The van der Waals surface area contributed by atoms with Crippen molar-refractivity contribution in [2.75, 3.05) is 13.1 Å². The van der Waals surface area contributed by atoms with Gasteiger partial charge in [0.2, 0.25) is 5.91 Å². The molecule has 4 nitrogen and oxygen atoms in total. The molecule has 1 amide bonds. The molecule has 130 valence electrons. The van der Waals surface area contributed by atoms with Crippen LogP contribution in [-0.2, 0) is 11.3 Å². The van der Waals surface area contributed by atoms with Gasteiger partial charge < -0.3 is 10.4 Å². The molecule has 2 aliphatic rings. The van der Waals surface area contributed by atoms with E-state index < -0.39 is 11.6 Å². The second-order valence-corrected chi connectivity index (χ2v) is 7.22. The van der Waals surface area contributed by atoms with E-state index in [9.17, 15) is 9.90 Å². The highest BCUT2D eigenvalue weighted by atomic mass is 16.3. The van der Waals surface area contributed by atoms with Gasteiger partial charge in [0.15, 0.2) is 0 Å². The Morgan fingerprint density at radius 2 is 1.60 bits per heavy atom. The SMILES string of the molecule is O=C1NC(O)C(c2ccccc2)C12CCN(Cc1ccccc1)CC2. The molecule has 0 aromatic heterocycles. The molecule has 2 heterocycles. The number of carbonyl (C=O) groups excluding carboxylic acids is 1. The maximum atomic E-state index is 12.7. The van der Waals surface area contributed by atoms with Crippen molar-refractivity contribution < 1.29 is 9.90 Å². The Kier molecular flexibility index (Phi) is 4.32. The zero-order chi connectivity index (χ0) is 17.3. The summed E-state index contributed by atoms with van der Waals surface area (Å²) in [6, 6.07) is 20.4. The van der Waals surface area contributed by atoms with Gasteiger partial charge in [-0.25, -0.2) is 0 Å². The number of piperidine rings is 1. The molecule has 2 unspecified atom stereocenters. The van der Waals surface area contributed by atoms with E-state index in [4.69, 9.17) is 0 Å². The first-order valence-corrected chi connectivity index (χ1v) is 8.99. The third kappa shape index (κ3) is 2.96. The first kappa shape index (κ1) is 16.3. The Bertz CT molecular complexity index is 724. The summed E-state index contributed by atoms with van der Waals surface area (Å²) in [7, 11) is 0. The lowest BCUT2D eigenvalue weighted by Crippen LogP contribution is -2.45. The smallest absolute Gasteiger partial charge is 0.229 e. The highest BCUT2D eigenvalue weighted by Gasteiger charge is 2.56. The van der Waals surface area contributed by atoms with Crippen molar-refractivity contribution in [3.8, 4) is 0 Å². The normalized spacial score (nSPS) is 25.9. The number of aliphatic hydroxyl groups is 1. The summed E-state index contributed by atoms with van der Waals surface area (Å²) in [6.07, 6.45) is 0.764. The number of amides is 1. The van der Waals surface area contributed by atoms with Crippen LogP contribution in [0.3, 0.4) is 0 Å². The predicted molar refractivity (Wildman–Crippen MR) is 96.7 cm³/mol. The van der Waals surface area contributed by atoms with Crippen LogP contribution < -0.4 is 5.32 Å². The van der Waals surface area contributed by atoms with Gasteiger partial charge in [-0.2, -0.15) is 0 Å². The van der Waals surface area contributed by atoms with Crippen molar-refractivity contribution in [2.45, 2.75) is 31.5 Å². The summed E-state index contributed by atoms with van der Waals surface area (Å²) in [5.41, 5.74) is 1.85. The monoisotopic (exact) mass is 336 g/mol. The number of hydrogen-bond acceptors (Lipinski definition) is 3. The molecule has 2 aliphatic heterocycles. The fourth-order valence-corrected chi connectivity index (χ4v) is 4.46. The van der Waals surface area contributed by atoms with E-state index in [0.29, 0.717) is 0 Å². The minimum atomic E-state index is -0.796. The fraction of sp³-hybridized carbons (Fsp3) is 0.381. The van der Waals surface area contributed by atoms with Gasteiger partial charge in [0, 0.05) is 12.5 Å². The minimum Gasteiger partial charge on any atom is -0.373 e. The molecule has 1 spiro atoms. The van der Waals surface area contributed by atoms with Gasteiger partial charge in [-0.3, -0.25) is 9.69 Å². The summed E-state index contributed by atoms with van der Waals surface area (Å²) >= 11 is 0. The zero-order valence-corrected chi connectivity index (χ0v) is 14.3. The van der Waals surface area contributed by atoms with Crippen molar-refractivity contribution >= 4 is 5.91 Å². The molecule has 2 aromatic rings. The van der Waals surface area contributed by atoms with Crippen LogP contribution in [0.5, 0.6) is 0 Å². The van der Waals surface area contributed by atoms with E-state index >= 15 is 0 Å². The first-order valence-electron chi connectivity index (χ1n) is 8.99. The Balaban J connectivity index is 1.52. The summed E-state index contributed by atoms with van der Waals surface area (Å²) in [5, 5.41) is 13.3. The van der Waals surface area contributed by atoms with Crippen LogP contribution in [0.2, 0.25) is 0 Å². The quantitative estimate of drug-likeness (QED) is 0.905.